The lowest BCUT2D eigenvalue weighted by Crippen LogP contribution is -2.36. The van der Waals surface area contributed by atoms with Crippen LogP contribution in [0.1, 0.15) is 46.5 Å². The molecule has 0 heterocycles. The maximum absolute atomic E-state index is 11.4. The van der Waals surface area contributed by atoms with E-state index in [-0.39, 0.29) is 18.4 Å². The Balaban J connectivity index is 3.69. The quantitative estimate of drug-likeness (QED) is 0.680. The highest BCUT2D eigenvalue weighted by molar-refractivity contribution is 5.77. The molecule has 2 atom stereocenters. The zero-order valence-corrected chi connectivity index (χ0v) is 9.75. The summed E-state index contributed by atoms with van der Waals surface area (Å²) in [4.78, 5) is 21.6. The SMILES string of the molecule is CCC(C)C(C)NC(=O)CCCC(=O)O. The summed E-state index contributed by atoms with van der Waals surface area (Å²) in [6.45, 7) is 6.14. The number of carbonyl (C=O) groups is 2. The zero-order valence-electron chi connectivity index (χ0n) is 9.75. The second kappa shape index (κ2) is 7.26. The van der Waals surface area contributed by atoms with Crippen molar-refractivity contribution in [1.29, 1.82) is 0 Å². The van der Waals surface area contributed by atoms with Crippen molar-refractivity contribution in [2.75, 3.05) is 0 Å². The molecule has 0 spiro atoms. The van der Waals surface area contributed by atoms with Gasteiger partial charge in [0.25, 0.3) is 0 Å². The normalized spacial score (nSPS) is 14.3. The third-order valence-electron chi connectivity index (χ3n) is 2.68. The number of carboxylic acid groups (broad SMARTS) is 1. The predicted molar refractivity (Wildman–Crippen MR) is 58.5 cm³/mol. The van der Waals surface area contributed by atoms with Crippen molar-refractivity contribution in [2.24, 2.45) is 5.92 Å². The molecule has 4 nitrogen and oxygen atoms in total. The van der Waals surface area contributed by atoms with E-state index in [1.807, 2.05) is 6.92 Å². The van der Waals surface area contributed by atoms with Crippen molar-refractivity contribution in [3.8, 4) is 0 Å². The molecule has 0 aliphatic carbocycles. The molecule has 0 aliphatic rings. The van der Waals surface area contributed by atoms with Crippen LogP contribution in [0, 0.1) is 5.92 Å². The number of nitrogens with one attached hydrogen (secondary N) is 1. The highest BCUT2D eigenvalue weighted by Gasteiger charge is 2.12. The number of carboxylic acids is 1. The summed E-state index contributed by atoms with van der Waals surface area (Å²) in [6.07, 6.45) is 1.79. The molecule has 0 radical (unpaired) electrons. The van der Waals surface area contributed by atoms with Gasteiger partial charge >= 0.3 is 5.97 Å². The van der Waals surface area contributed by atoms with E-state index in [9.17, 15) is 9.59 Å². The summed E-state index contributed by atoms with van der Waals surface area (Å²) >= 11 is 0. The summed E-state index contributed by atoms with van der Waals surface area (Å²) in [6, 6.07) is 0.160. The molecular formula is C11H21NO3. The van der Waals surface area contributed by atoms with Gasteiger partial charge in [0.2, 0.25) is 5.91 Å². The van der Waals surface area contributed by atoms with Gasteiger partial charge in [-0.3, -0.25) is 9.59 Å². The number of hydrogen-bond donors (Lipinski definition) is 2. The monoisotopic (exact) mass is 215 g/mol. The van der Waals surface area contributed by atoms with E-state index in [4.69, 9.17) is 5.11 Å². The molecule has 88 valence electrons. The van der Waals surface area contributed by atoms with E-state index in [0.29, 0.717) is 18.8 Å². The van der Waals surface area contributed by atoms with Crippen LogP contribution in [0.15, 0.2) is 0 Å². The second-order valence-corrected chi connectivity index (χ2v) is 3.99. The van der Waals surface area contributed by atoms with Crippen molar-refractivity contribution >= 4 is 11.9 Å². The third-order valence-corrected chi connectivity index (χ3v) is 2.68. The number of aliphatic carboxylic acids is 1. The first-order chi connectivity index (χ1) is 6.97. The molecule has 0 aromatic carbocycles. The highest BCUT2D eigenvalue weighted by atomic mass is 16.4. The van der Waals surface area contributed by atoms with E-state index in [2.05, 4.69) is 19.2 Å². The molecule has 0 fully saturated rings. The first-order valence-corrected chi connectivity index (χ1v) is 5.48. The van der Waals surface area contributed by atoms with Crippen LogP contribution in [0.4, 0.5) is 0 Å². The molecule has 2 N–H and O–H groups in total. The molecule has 0 saturated carbocycles. The maximum atomic E-state index is 11.4. The minimum atomic E-state index is -0.849. The Morgan fingerprint density at radius 3 is 2.33 bits per heavy atom. The minimum Gasteiger partial charge on any atom is -0.481 e. The van der Waals surface area contributed by atoms with E-state index < -0.39 is 5.97 Å². The number of amides is 1. The average molecular weight is 215 g/mol. The molecule has 0 bridgehead atoms. The summed E-state index contributed by atoms with van der Waals surface area (Å²) < 4.78 is 0. The lowest BCUT2D eigenvalue weighted by Gasteiger charge is -2.19. The fourth-order valence-corrected chi connectivity index (χ4v) is 1.22. The summed E-state index contributed by atoms with van der Waals surface area (Å²) in [5, 5.41) is 11.3. The predicted octanol–water partition coefficient (Wildman–Crippen LogP) is 1.79. The fourth-order valence-electron chi connectivity index (χ4n) is 1.22. The van der Waals surface area contributed by atoms with Crippen LogP contribution in [0.3, 0.4) is 0 Å². The second-order valence-electron chi connectivity index (χ2n) is 3.99. The first kappa shape index (κ1) is 13.9. The Morgan fingerprint density at radius 2 is 1.87 bits per heavy atom. The van der Waals surface area contributed by atoms with Gasteiger partial charge in [-0.2, -0.15) is 0 Å². The van der Waals surface area contributed by atoms with Crippen LogP contribution in [-0.4, -0.2) is 23.0 Å². The van der Waals surface area contributed by atoms with Gasteiger partial charge in [-0.25, -0.2) is 0 Å². The Hall–Kier alpha value is -1.06. The van der Waals surface area contributed by atoms with Crippen LogP contribution >= 0.6 is 0 Å². The summed E-state index contributed by atoms with van der Waals surface area (Å²) in [7, 11) is 0. The van der Waals surface area contributed by atoms with Gasteiger partial charge in [-0.05, 0) is 19.3 Å². The highest BCUT2D eigenvalue weighted by Crippen LogP contribution is 2.07. The molecule has 15 heavy (non-hydrogen) atoms. The summed E-state index contributed by atoms with van der Waals surface area (Å²) in [5.41, 5.74) is 0. The molecular weight excluding hydrogens is 194 g/mol. The Morgan fingerprint density at radius 1 is 1.27 bits per heavy atom. The average Bonchev–Trinajstić information content (AvgIpc) is 2.15. The van der Waals surface area contributed by atoms with Crippen LogP contribution in [0.25, 0.3) is 0 Å². The Labute approximate surface area is 91.1 Å². The van der Waals surface area contributed by atoms with Gasteiger partial charge in [0.05, 0.1) is 0 Å². The lowest BCUT2D eigenvalue weighted by atomic mass is 10.0. The number of hydrogen-bond acceptors (Lipinski definition) is 2. The van der Waals surface area contributed by atoms with Crippen LogP contribution < -0.4 is 5.32 Å². The molecule has 4 heteroatoms. The maximum Gasteiger partial charge on any atom is 0.303 e. The van der Waals surface area contributed by atoms with Crippen molar-refractivity contribution < 1.29 is 14.7 Å². The van der Waals surface area contributed by atoms with E-state index in [0.717, 1.165) is 6.42 Å². The van der Waals surface area contributed by atoms with Crippen LogP contribution in [0.5, 0.6) is 0 Å². The topological polar surface area (TPSA) is 66.4 Å². The largest absolute Gasteiger partial charge is 0.481 e. The molecule has 0 rings (SSSR count). The standard InChI is InChI=1S/C11H21NO3/c1-4-8(2)9(3)12-10(13)6-5-7-11(14)15/h8-9H,4-7H2,1-3H3,(H,12,13)(H,14,15). The zero-order chi connectivity index (χ0) is 11.8. The Bertz CT molecular complexity index is 216. The van der Waals surface area contributed by atoms with Gasteiger partial charge in [0.1, 0.15) is 0 Å². The van der Waals surface area contributed by atoms with Gasteiger partial charge in [-0.15, -0.1) is 0 Å². The lowest BCUT2D eigenvalue weighted by molar-refractivity contribution is -0.137. The van der Waals surface area contributed by atoms with E-state index in [1.54, 1.807) is 0 Å². The first-order valence-electron chi connectivity index (χ1n) is 5.48. The smallest absolute Gasteiger partial charge is 0.303 e. The summed E-state index contributed by atoms with van der Waals surface area (Å²) in [5.74, 6) is -0.449. The molecule has 0 saturated heterocycles. The van der Waals surface area contributed by atoms with Gasteiger partial charge in [-0.1, -0.05) is 20.3 Å². The molecule has 1 amide bonds. The molecule has 2 unspecified atom stereocenters. The van der Waals surface area contributed by atoms with Crippen molar-refractivity contribution in [2.45, 2.75) is 52.5 Å². The van der Waals surface area contributed by atoms with Crippen LogP contribution in [0.2, 0.25) is 0 Å². The number of rotatable bonds is 7. The van der Waals surface area contributed by atoms with E-state index >= 15 is 0 Å². The Kier molecular flexibility index (Phi) is 6.75. The third kappa shape index (κ3) is 6.94. The molecule has 0 aromatic heterocycles. The van der Waals surface area contributed by atoms with Crippen molar-refractivity contribution in [1.82, 2.24) is 5.32 Å². The van der Waals surface area contributed by atoms with Gasteiger partial charge in [0, 0.05) is 18.9 Å². The van der Waals surface area contributed by atoms with E-state index in [1.165, 1.54) is 0 Å². The van der Waals surface area contributed by atoms with Crippen molar-refractivity contribution in [3.63, 3.8) is 0 Å². The van der Waals surface area contributed by atoms with Gasteiger partial charge in [0.15, 0.2) is 0 Å². The van der Waals surface area contributed by atoms with Crippen molar-refractivity contribution in [3.05, 3.63) is 0 Å². The molecule has 0 aromatic rings. The van der Waals surface area contributed by atoms with Gasteiger partial charge < -0.3 is 10.4 Å². The molecule has 0 aliphatic heterocycles. The minimum absolute atomic E-state index is 0.0518. The van der Waals surface area contributed by atoms with Crippen LogP contribution in [-0.2, 0) is 9.59 Å². The number of carbonyl (C=O) groups excluding carboxylic acids is 1. The fraction of sp³-hybridized carbons (Fsp3) is 0.818.